The van der Waals surface area contributed by atoms with Crippen molar-refractivity contribution < 1.29 is 0 Å². The van der Waals surface area contributed by atoms with Crippen molar-refractivity contribution in [1.29, 1.82) is 0 Å². The highest BCUT2D eigenvalue weighted by atomic mass is 14.9. The second-order valence-electron chi connectivity index (χ2n) is 5.18. The third-order valence-electron chi connectivity index (χ3n) is 3.57. The lowest BCUT2D eigenvalue weighted by Crippen LogP contribution is -1.97. The molecule has 0 spiro atoms. The first-order valence-corrected chi connectivity index (χ1v) is 6.70. The van der Waals surface area contributed by atoms with E-state index in [-0.39, 0.29) is 0 Å². The monoisotopic (exact) mass is 263 g/mol. The summed E-state index contributed by atoms with van der Waals surface area (Å²) in [6.07, 6.45) is 2.80. The first-order chi connectivity index (χ1) is 9.63. The summed E-state index contributed by atoms with van der Waals surface area (Å²) in [4.78, 5) is 8.91. The van der Waals surface area contributed by atoms with Gasteiger partial charge in [0.25, 0.3) is 0 Å². The molecule has 3 aromatic rings. The minimum Gasteiger partial charge on any atom is -0.384 e. The molecule has 0 saturated heterocycles. The van der Waals surface area contributed by atoms with Gasteiger partial charge in [-0.25, -0.2) is 4.98 Å². The fraction of sp³-hybridized carbons (Fsp3) is 0.176. The Morgan fingerprint density at radius 1 is 1.05 bits per heavy atom. The van der Waals surface area contributed by atoms with E-state index >= 15 is 0 Å². The SMILES string of the molecule is Cc1ccccc1Cc1cnc2c(C)cc(N)nc2c1. The van der Waals surface area contributed by atoms with Crippen molar-refractivity contribution in [3.63, 3.8) is 0 Å². The van der Waals surface area contributed by atoms with E-state index in [2.05, 4.69) is 47.2 Å². The molecule has 100 valence electrons. The van der Waals surface area contributed by atoms with Gasteiger partial charge in [-0.2, -0.15) is 0 Å². The quantitative estimate of drug-likeness (QED) is 0.770. The van der Waals surface area contributed by atoms with Crippen molar-refractivity contribution in [3.8, 4) is 0 Å². The predicted octanol–water partition coefficient (Wildman–Crippen LogP) is 3.42. The van der Waals surface area contributed by atoms with Crippen molar-refractivity contribution in [2.75, 3.05) is 5.73 Å². The average molecular weight is 263 g/mol. The van der Waals surface area contributed by atoms with Crippen LogP contribution in [-0.2, 0) is 6.42 Å². The lowest BCUT2D eigenvalue weighted by molar-refractivity contribution is 1.13. The van der Waals surface area contributed by atoms with Gasteiger partial charge in [0.05, 0.1) is 11.0 Å². The Morgan fingerprint density at radius 2 is 1.85 bits per heavy atom. The smallest absolute Gasteiger partial charge is 0.124 e. The maximum atomic E-state index is 5.81. The molecule has 2 heterocycles. The Balaban J connectivity index is 2.03. The molecular weight excluding hydrogens is 246 g/mol. The summed E-state index contributed by atoms with van der Waals surface area (Å²) < 4.78 is 0. The van der Waals surface area contributed by atoms with E-state index in [9.17, 15) is 0 Å². The normalized spacial score (nSPS) is 10.9. The number of nitrogen functional groups attached to an aromatic ring is 1. The van der Waals surface area contributed by atoms with Crippen LogP contribution in [0.15, 0.2) is 42.6 Å². The summed E-state index contributed by atoms with van der Waals surface area (Å²) >= 11 is 0. The number of benzene rings is 1. The van der Waals surface area contributed by atoms with Crippen molar-refractivity contribution in [1.82, 2.24) is 9.97 Å². The zero-order valence-electron chi connectivity index (χ0n) is 11.7. The van der Waals surface area contributed by atoms with Crippen LogP contribution in [0.3, 0.4) is 0 Å². The number of hydrogen-bond acceptors (Lipinski definition) is 3. The van der Waals surface area contributed by atoms with Gasteiger partial charge in [-0.15, -0.1) is 0 Å². The van der Waals surface area contributed by atoms with E-state index in [0.29, 0.717) is 5.82 Å². The minimum atomic E-state index is 0.546. The standard InChI is InChI=1S/C17H17N3/c1-11-5-3-4-6-14(11)8-13-9-15-17(19-10-13)12(2)7-16(18)20-15/h3-7,9-10H,8H2,1-2H3,(H2,18,20). The summed E-state index contributed by atoms with van der Waals surface area (Å²) in [7, 11) is 0. The second-order valence-corrected chi connectivity index (χ2v) is 5.18. The number of rotatable bonds is 2. The fourth-order valence-electron chi connectivity index (χ4n) is 2.47. The van der Waals surface area contributed by atoms with Crippen molar-refractivity contribution in [2.24, 2.45) is 0 Å². The molecule has 0 atom stereocenters. The van der Waals surface area contributed by atoms with E-state index in [1.165, 1.54) is 11.1 Å². The molecule has 0 unspecified atom stereocenters. The van der Waals surface area contributed by atoms with Crippen LogP contribution in [0.25, 0.3) is 11.0 Å². The first-order valence-electron chi connectivity index (χ1n) is 6.70. The van der Waals surface area contributed by atoms with E-state index in [1.54, 1.807) is 0 Å². The molecule has 0 aliphatic carbocycles. The highest BCUT2D eigenvalue weighted by Gasteiger charge is 2.05. The van der Waals surface area contributed by atoms with Crippen LogP contribution >= 0.6 is 0 Å². The van der Waals surface area contributed by atoms with Gasteiger partial charge >= 0.3 is 0 Å². The number of fused-ring (bicyclic) bond motifs is 1. The molecule has 1 aromatic carbocycles. The van der Waals surface area contributed by atoms with Crippen LogP contribution in [0.5, 0.6) is 0 Å². The van der Waals surface area contributed by atoms with Gasteiger partial charge in [-0.05, 0) is 54.7 Å². The maximum Gasteiger partial charge on any atom is 0.124 e. The molecule has 0 fully saturated rings. The Bertz CT molecular complexity index is 778. The fourth-order valence-corrected chi connectivity index (χ4v) is 2.47. The van der Waals surface area contributed by atoms with Gasteiger partial charge in [-0.1, -0.05) is 24.3 Å². The van der Waals surface area contributed by atoms with Gasteiger partial charge < -0.3 is 5.73 Å². The molecule has 0 radical (unpaired) electrons. The highest BCUT2D eigenvalue weighted by Crippen LogP contribution is 2.20. The maximum absolute atomic E-state index is 5.81. The second kappa shape index (κ2) is 4.93. The van der Waals surface area contributed by atoms with Crippen LogP contribution < -0.4 is 5.73 Å². The van der Waals surface area contributed by atoms with Crippen molar-refractivity contribution in [3.05, 3.63) is 64.8 Å². The van der Waals surface area contributed by atoms with Gasteiger partial charge in [0, 0.05) is 6.20 Å². The van der Waals surface area contributed by atoms with Gasteiger partial charge in [-0.3, -0.25) is 4.98 Å². The zero-order chi connectivity index (χ0) is 14.1. The lowest BCUT2D eigenvalue weighted by atomic mass is 10.0. The van der Waals surface area contributed by atoms with E-state index < -0.39 is 0 Å². The molecular formula is C17H17N3. The summed E-state index contributed by atoms with van der Waals surface area (Å²) in [5.74, 6) is 0.546. The molecule has 3 rings (SSSR count). The molecule has 0 amide bonds. The molecule has 20 heavy (non-hydrogen) atoms. The van der Waals surface area contributed by atoms with Gasteiger partial charge in [0.15, 0.2) is 0 Å². The van der Waals surface area contributed by atoms with Crippen LogP contribution in [-0.4, -0.2) is 9.97 Å². The number of anilines is 1. The Labute approximate surface area is 118 Å². The molecule has 0 aliphatic rings. The first kappa shape index (κ1) is 12.6. The average Bonchev–Trinajstić information content (AvgIpc) is 2.41. The number of pyridine rings is 2. The number of hydrogen-bond donors (Lipinski definition) is 1. The summed E-state index contributed by atoms with van der Waals surface area (Å²) in [5.41, 5.74) is 12.4. The molecule has 0 bridgehead atoms. The molecule has 0 saturated carbocycles. The number of aryl methyl sites for hydroxylation is 2. The van der Waals surface area contributed by atoms with Crippen LogP contribution in [0.4, 0.5) is 5.82 Å². The summed E-state index contributed by atoms with van der Waals surface area (Å²) in [6.45, 7) is 4.14. The van der Waals surface area contributed by atoms with Gasteiger partial charge in [0.2, 0.25) is 0 Å². The molecule has 0 aliphatic heterocycles. The largest absolute Gasteiger partial charge is 0.384 e. The highest BCUT2D eigenvalue weighted by molar-refractivity contribution is 5.79. The predicted molar refractivity (Wildman–Crippen MR) is 82.7 cm³/mol. The van der Waals surface area contributed by atoms with Crippen molar-refractivity contribution in [2.45, 2.75) is 20.3 Å². The number of nitrogens with zero attached hydrogens (tertiary/aromatic N) is 2. The van der Waals surface area contributed by atoms with Crippen molar-refractivity contribution >= 4 is 16.9 Å². The Morgan fingerprint density at radius 3 is 2.65 bits per heavy atom. The van der Waals surface area contributed by atoms with E-state index in [4.69, 9.17) is 5.73 Å². The number of nitrogens with two attached hydrogens (primary N) is 1. The molecule has 3 heteroatoms. The summed E-state index contributed by atoms with van der Waals surface area (Å²) in [6, 6.07) is 12.3. The number of aromatic nitrogens is 2. The topological polar surface area (TPSA) is 51.8 Å². The third-order valence-corrected chi connectivity index (χ3v) is 3.57. The third kappa shape index (κ3) is 2.35. The zero-order valence-corrected chi connectivity index (χ0v) is 11.7. The lowest BCUT2D eigenvalue weighted by Gasteiger charge is -2.07. The van der Waals surface area contributed by atoms with Crippen LogP contribution in [0.1, 0.15) is 22.3 Å². The molecule has 2 N–H and O–H groups in total. The molecule has 3 nitrogen and oxygen atoms in total. The van der Waals surface area contributed by atoms with Crippen LogP contribution in [0.2, 0.25) is 0 Å². The minimum absolute atomic E-state index is 0.546. The van der Waals surface area contributed by atoms with E-state index in [0.717, 1.165) is 28.6 Å². The molecule has 2 aromatic heterocycles. The van der Waals surface area contributed by atoms with Gasteiger partial charge in [0.1, 0.15) is 5.82 Å². The van der Waals surface area contributed by atoms with E-state index in [1.807, 2.05) is 19.2 Å². The van der Waals surface area contributed by atoms with Crippen LogP contribution in [0, 0.1) is 13.8 Å². The Hall–Kier alpha value is -2.42. The summed E-state index contributed by atoms with van der Waals surface area (Å²) in [5, 5.41) is 0. The Kier molecular flexibility index (Phi) is 3.11.